The number of hydrogen-bond acceptors (Lipinski definition) is 8. The van der Waals surface area contributed by atoms with Crippen molar-refractivity contribution < 1.29 is 19.4 Å². The Bertz CT molecular complexity index is 1010. The summed E-state index contributed by atoms with van der Waals surface area (Å²) in [6, 6.07) is 7.38. The molecule has 0 radical (unpaired) electrons. The first-order chi connectivity index (χ1) is 15.7. The fraction of sp³-hybridized carbons (Fsp3) is 0.409. The van der Waals surface area contributed by atoms with E-state index in [0.717, 1.165) is 29.8 Å². The first kappa shape index (κ1) is 21.8. The van der Waals surface area contributed by atoms with Crippen LogP contribution in [-0.4, -0.2) is 67.9 Å². The molecule has 0 aliphatic carbocycles. The second-order valence-electron chi connectivity index (χ2n) is 7.61. The summed E-state index contributed by atoms with van der Waals surface area (Å²) >= 11 is 0. The van der Waals surface area contributed by atoms with Crippen molar-refractivity contribution in [2.75, 3.05) is 13.7 Å². The summed E-state index contributed by atoms with van der Waals surface area (Å²) in [4.78, 5) is 20.3. The minimum absolute atomic E-state index is 0.0366. The van der Waals surface area contributed by atoms with E-state index in [4.69, 9.17) is 9.47 Å². The van der Waals surface area contributed by atoms with Gasteiger partial charge in [0.05, 0.1) is 38.3 Å². The summed E-state index contributed by atoms with van der Waals surface area (Å²) in [5.41, 5.74) is 2.00. The van der Waals surface area contributed by atoms with Crippen LogP contribution < -0.4 is 10.1 Å². The molecule has 1 saturated heterocycles. The highest BCUT2D eigenvalue weighted by Crippen LogP contribution is 2.23. The van der Waals surface area contributed by atoms with Gasteiger partial charge in [0.2, 0.25) is 0 Å². The van der Waals surface area contributed by atoms with Crippen molar-refractivity contribution in [3.63, 3.8) is 0 Å². The molecule has 1 aliphatic rings. The number of amides is 1. The Morgan fingerprint density at radius 1 is 1.28 bits per heavy atom. The van der Waals surface area contributed by atoms with Crippen molar-refractivity contribution in [1.82, 2.24) is 30.3 Å². The second kappa shape index (κ2) is 10.3. The van der Waals surface area contributed by atoms with Crippen molar-refractivity contribution >= 4 is 5.91 Å². The molecule has 0 spiro atoms. The monoisotopic (exact) mass is 438 g/mol. The van der Waals surface area contributed by atoms with E-state index in [9.17, 15) is 9.90 Å². The first-order valence-electron chi connectivity index (χ1n) is 10.5. The maximum absolute atomic E-state index is 12.3. The average Bonchev–Trinajstić information content (AvgIpc) is 3.33. The van der Waals surface area contributed by atoms with E-state index in [1.807, 2.05) is 30.5 Å². The van der Waals surface area contributed by atoms with Crippen LogP contribution in [0.1, 0.15) is 29.8 Å². The molecule has 10 heteroatoms. The van der Waals surface area contributed by atoms with Crippen molar-refractivity contribution in [1.29, 1.82) is 0 Å². The van der Waals surface area contributed by atoms with Crippen LogP contribution in [0, 0.1) is 0 Å². The van der Waals surface area contributed by atoms with Gasteiger partial charge in [0.1, 0.15) is 23.2 Å². The predicted octanol–water partition coefficient (Wildman–Crippen LogP) is 1.47. The fourth-order valence-electron chi connectivity index (χ4n) is 3.75. The minimum Gasteiger partial charge on any atom is -0.497 e. The van der Waals surface area contributed by atoms with E-state index in [0.29, 0.717) is 13.0 Å². The molecule has 3 heterocycles. The Morgan fingerprint density at radius 3 is 2.84 bits per heavy atom. The number of aliphatic hydroxyl groups excluding tert-OH is 1. The van der Waals surface area contributed by atoms with E-state index in [2.05, 4.69) is 25.6 Å². The van der Waals surface area contributed by atoms with Crippen LogP contribution in [0.3, 0.4) is 0 Å². The average molecular weight is 438 g/mol. The summed E-state index contributed by atoms with van der Waals surface area (Å²) in [5.74, 6) is 0.470. The Labute approximate surface area is 185 Å². The number of nitrogens with zero attached hydrogens (tertiary/aromatic N) is 5. The van der Waals surface area contributed by atoms with Crippen molar-refractivity contribution in [3.8, 4) is 17.0 Å². The Hall–Kier alpha value is -3.37. The summed E-state index contributed by atoms with van der Waals surface area (Å²) in [5, 5.41) is 21.1. The topological polar surface area (TPSA) is 124 Å². The number of aryl methyl sites for hydroxylation is 1. The molecule has 3 aromatic rings. The lowest BCUT2D eigenvalue weighted by Gasteiger charge is -2.36. The zero-order chi connectivity index (χ0) is 22.3. The van der Waals surface area contributed by atoms with Gasteiger partial charge in [-0.1, -0.05) is 5.21 Å². The van der Waals surface area contributed by atoms with Crippen LogP contribution in [0.25, 0.3) is 11.3 Å². The zero-order valence-electron chi connectivity index (χ0n) is 17.8. The number of benzene rings is 1. The molecule has 1 amide bonds. The van der Waals surface area contributed by atoms with Crippen molar-refractivity contribution in [2.45, 2.75) is 44.1 Å². The summed E-state index contributed by atoms with van der Waals surface area (Å²) in [6.07, 6.45) is 7.98. The first-order valence-corrected chi connectivity index (χ1v) is 10.5. The second-order valence-corrected chi connectivity index (χ2v) is 7.61. The Kier molecular flexibility index (Phi) is 7.03. The molecule has 1 aromatic carbocycles. The summed E-state index contributed by atoms with van der Waals surface area (Å²) in [7, 11) is 1.63. The van der Waals surface area contributed by atoms with E-state index in [1.54, 1.807) is 11.8 Å². The number of carbonyl (C=O) groups is 1. The maximum atomic E-state index is 12.3. The van der Waals surface area contributed by atoms with Gasteiger partial charge in [-0.15, -0.1) is 5.10 Å². The number of ether oxygens (including phenoxy) is 2. The number of aliphatic hydroxyl groups is 1. The van der Waals surface area contributed by atoms with Crippen molar-refractivity contribution in [2.24, 2.45) is 0 Å². The molecule has 168 valence electrons. The number of hydrogen-bond donors (Lipinski definition) is 2. The van der Waals surface area contributed by atoms with Gasteiger partial charge in [-0.2, -0.15) is 0 Å². The van der Waals surface area contributed by atoms with Gasteiger partial charge in [0, 0.05) is 24.5 Å². The molecule has 32 heavy (non-hydrogen) atoms. The SMILES string of the molecule is COc1ccc(-c2cn(CC[C@@H]3CC[C@@H](NC(=O)c4cnccn4)[C@H](CO)O3)nn2)cc1. The number of nitrogens with one attached hydrogen (secondary N) is 1. The van der Waals surface area contributed by atoms with E-state index in [1.165, 1.54) is 18.6 Å². The standard InChI is InChI=1S/C22H26N6O4/c1-31-16-4-2-15(3-5-16)20-13-28(27-26-20)11-8-17-6-7-18(21(14-29)32-17)25-22(30)19-12-23-9-10-24-19/h2-5,9-10,12-13,17-18,21,29H,6-8,11,14H2,1H3,(H,25,30)/t17-,18+,21-/m0/s1. The van der Waals surface area contributed by atoms with Crippen LogP contribution >= 0.6 is 0 Å². The highest BCUT2D eigenvalue weighted by molar-refractivity contribution is 5.92. The van der Waals surface area contributed by atoms with Crippen LogP contribution in [0.15, 0.2) is 49.1 Å². The van der Waals surface area contributed by atoms with Gasteiger partial charge in [-0.3, -0.25) is 14.5 Å². The van der Waals surface area contributed by atoms with Gasteiger partial charge in [0.25, 0.3) is 5.91 Å². The maximum Gasteiger partial charge on any atom is 0.271 e. The third-order valence-electron chi connectivity index (χ3n) is 5.51. The summed E-state index contributed by atoms with van der Waals surface area (Å²) in [6.45, 7) is 0.468. The zero-order valence-corrected chi connectivity index (χ0v) is 17.8. The molecular weight excluding hydrogens is 412 g/mol. The molecule has 1 fully saturated rings. The molecule has 10 nitrogen and oxygen atoms in total. The molecule has 2 aromatic heterocycles. The quantitative estimate of drug-likeness (QED) is 0.542. The lowest BCUT2D eigenvalue weighted by atomic mass is 9.97. The molecule has 2 N–H and O–H groups in total. The largest absolute Gasteiger partial charge is 0.497 e. The van der Waals surface area contributed by atoms with Gasteiger partial charge in [0.15, 0.2) is 0 Å². The van der Waals surface area contributed by atoms with Gasteiger partial charge < -0.3 is 19.9 Å². The third kappa shape index (κ3) is 5.27. The Balaban J connectivity index is 1.29. The third-order valence-corrected chi connectivity index (χ3v) is 5.51. The Morgan fingerprint density at radius 2 is 2.12 bits per heavy atom. The molecule has 0 bridgehead atoms. The lowest BCUT2D eigenvalue weighted by molar-refractivity contribution is -0.0912. The van der Waals surface area contributed by atoms with Gasteiger partial charge >= 0.3 is 0 Å². The van der Waals surface area contributed by atoms with Crippen LogP contribution in [0.5, 0.6) is 5.75 Å². The smallest absolute Gasteiger partial charge is 0.271 e. The number of methoxy groups -OCH3 is 1. The van der Waals surface area contributed by atoms with Crippen LogP contribution in [0.2, 0.25) is 0 Å². The van der Waals surface area contributed by atoms with E-state index in [-0.39, 0.29) is 30.4 Å². The molecule has 0 saturated carbocycles. The van der Waals surface area contributed by atoms with Crippen LogP contribution in [0.4, 0.5) is 0 Å². The van der Waals surface area contributed by atoms with Crippen LogP contribution in [-0.2, 0) is 11.3 Å². The normalized spacial score (nSPS) is 20.6. The fourth-order valence-corrected chi connectivity index (χ4v) is 3.75. The molecular formula is C22H26N6O4. The minimum atomic E-state index is -0.472. The van der Waals surface area contributed by atoms with E-state index < -0.39 is 6.10 Å². The molecule has 1 aliphatic heterocycles. The highest BCUT2D eigenvalue weighted by atomic mass is 16.5. The lowest BCUT2D eigenvalue weighted by Crippen LogP contribution is -2.51. The van der Waals surface area contributed by atoms with Crippen molar-refractivity contribution in [3.05, 3.63) is 54.7 Å². The molecule has 3 atom stereocenters. The van der Waals surface area contributed by atoms with Gasteiger partial charge in [-0.05, 0) is 43.5 Å². The number of carbonyl (C=O) groups excluding carboxylic acids is 1. The highest BCUT2D eigenvalue weighted by Gasteiger charge is 2.32. The van der Waals surface area contributed by atoms with Gasteiger partial charge in [-0.25, -0.2) is 4.98 Å². The molecule has 0 unspecified atom stereocenters. The number of rotatable bonds is 8. The summed E-state index contributed by atoms with van der Waals surface area (Å²) < 4.78 is 13.0. The number of aromatic nitrogens is 5. The molecule has 4 rings (SSSR count). The van der Waals surface area contributed by atoms with E-state index >= 15 is 0 Å². The predicted molar refractivity (Wildman–Crippen MR) is 115 cm³/mol.